The molecule has 0 aliphatic carbocycles. The number of amides is 4. The van der Waals surface area contributed by atoms with E-state index >= 15 is 0 Å². The van der Waals surface area contributed by atoms with Crippen LogP contribution in [0.5, 0.6) is 0 Å². The second-order valence-electron chi connectivity index (χ2n) is 9.96. The summed E-state index contributed by atoms with van der Waals surface area (Å²) in [6, 6.07) is 18.7. The smallest absolute Gasteiger partial charge is 0.321 e. The maximum absolute atomic E-state index is 13.3. The third kappa shape index (κ3) is 7.34. The first-order valence-electron chi connectivity index (χ1n) is 13.0. The summed E-state index contributed by atoms with van der Waals surface area (Å²) >= 11 is 0. The van der Waals surface area contributed by atoms with Crippen molar-refractivity contribution < 1.29 is 18.8 Å². The van der Waals surface area contributed by atoms with Crippen LogP contribution in [0.15, 0.2) is 66.7 Å². The van der Waals surface area contributed by atoms with E-state index in [9.17, 15) is 18.8 Å². The van der Waals surface area contributed by atoms with Crippen molar-refractivity contribution in [3.8, 4) is 0 Å². The molecule has 0 saturated carbocycles. The molecule has 0 bridgehead atoms. The molecular formula is C30H34FN5O3. The summed E-state index contributed by atoms with van der Waals surface area (Å²) in [7, 11) is 0. The predicted molar refractivity (Wildman–Crippen MR) is 151 cm³/mol. The van der Waals surface area contributed by atoms with Gasteiger partial charge in [0.2, 0.25) is 5.91 Å². The summed E-state index contributed by atoms with van der Waals surface area (Å²) in [6.07, 6.45) is 0. The molecule has 0 spiro atoms. The highest BCUT2D eigenvalue weighted by Gasteiger charge is 2.25. The second kappa shape index (κ2) is 12.4. The van der Waals surface area contributed by atoms with Crippen LogP contribution in [0.3, 0.4) is 0 Å². The molecule has 3 N–H and O–H groups in total. The largest absolute Gasteiger partial charge is 0.367 e. The first-order valence-corrected chi connectivity index (χ1v) is 13.0. The number of nitrogens with one attached hydrogen (secondary N) is 3. The van der Waals surface area contributed by atoms with Gasteiger partial charge in [0, 0.05) is 55.7 Å². The fourth-order valence-corrected chi connectivity index (χ4v) is 4.31. The second-order valence-corrected chi connectivity index (χ2v) is 9.96. The highest BCUT2D eigenvalue weighted by atomic mass is 19.1. The Morgan fingerprint density at radius 1 is 0.872 bits per heavy atom. The van der Waals surface area contributed by atoms with Crippen molar-refractivity contribution in [3.05, 3.63) is 89.2 Å². The van der Waals surface area contributed by atoms with Crippen molar-refractivity contribution in [1.29, 1.82) is 0 Å². The Balaban J connectivity index is 1.47. The number of aryl methyl sites for hydroxylation is 1. The monoisotopic (exact) mass is 531 g/mol. The highest BCUT2D eigenvalue weighted by molar-refractivity contribution is 6.02. The van der Waals surface area contributed by atoms with Gasteiger partial charge < -0.3 is 25.8 Å². The van der Waals surface area contributed by atoms with Gasteiger partial charge in [-0.2, -0.15) is 0 Å². The maximum Gasteiger partial charge on any atom is 0.321 e. The van der Waals surface area contributed by atoms with Gasteiger partial charge in [0.15, 0.2) is 0 Å². The van der Waals surface area contributed by atoms with Crippen molar-refractivity contribution in [2.24, 2.45) is 5.92 Å². The van der Waals surface area contributed by atoms with E-state index in [0.717, 1.165) is 16.8 Å². The summed E-state index contributed by atoms with van der Waals surface area (Å²) in [5.41, 5.74) is 4.24. The number of rotatable bonds is 7. The molecule has 4 rings (SSSR count). The third-order valence-corrected chi connectivity index (χ3v) is 6.58. The van der Waals surface area contributed by atoms with E-state index < -0.39 is 0 Å². The Kier molecular flexibility index (Phi) is 8.81. The standard InChI is InChI=1S/C30H34FN5O3/c1-20(2)28(37)33-25-11-12-27(26(18-25)29(38)32-19-22-7-9-23(31)10-8-22)35-13-15-36(16-14-35)30(39)34-24-6-4-5-21(3)17-24/h4-12,17-18,20H,13-16,19H2,1-3H3,(H,32,38)(H,33,37)(H,34,39). The Hall–Kier alpha value is -4.40. The van der Waals surface area contributed by atoms with Crippen LogP contribution < -0.4 is 20.9 Å². The van der Waals surface area contributed by atoms with Gasteiger partial charge in [-0.15, -0.1) is 0 Å². The van der Waals surface area contributed by atoms with Gasteiger partial charge >= 0.3 is 6.03 Å². The molecular weight excluding hydrogens is 497 g/mol. The number of nitrogens with zero attached hydrogens (tertiary/aromatic N) is 2. The molecule has 3 aromatic carbocycles. The van der Waals surface area contributed by atoms with Crippen LogP contribution >= 0.6 is 0 Å². The van der Waals surface area contributed by atoms with Crippen molar-refractivity contribution in [3.63, 3.8) is 0 Å². The average Bonchev–Trinajstić information content (AvgIpc) is 2.92. The number of hydrogen-bond donors (Lipinski definition) is 3. The molecule has 1 saturated heterocycles. The number of carbonyl (C=O) groups is 3. The molecule has 8 nitrogen and oxygen atoms in total. The molecule has 0 aromatic heterocycles. The molecule has 0 radical (unpaired) electrons. The summed E-state index contributed by atoms with van der Waals surface area (Å²) in [6.45, 7) is 7.85. The van der Waals surface area contributed by atoms with E-state index in [1.165, 1.54) is 12.1 Å². The molecule has 1 aliphatic heterocycles. The zero-order valence-corrected chi connectivity index (χ0v) is 22.5. The van der Waals surface area contributed by atoms with Gasteiger partial charge in [0.1, 0.15) is 5.82 Å². The van der Waals surface area contributed by atoms with Crippen LogP contribution in [-0.4, -0.2) is 48.9 Å². The molecule has 39 heavy (non-hydrogen) atoms. The van der Waals surface area contributed by atoms with Crippen molar-refractivity contribution in [2.75, 3.05) is 41.7 Å². The van der Waals surface area contributed by atoms with E-state index in [2.05, 4.69) is 20.9 Å². The number of carbonyl (C=O) groups excluding carboxylic acids is 3. The molecule has 3 aromatic rings. The minimum Gasteiger partial charge on any atom is -0.367 e. The Morgan fingerprint density at radius 2 is 1.56 bits per heavy atom. The number of piperazine rings is 1. The predicted octanol–water partition coefficient (Wildman–Crippen LogP) is 5.01. The van der Waals surface area contributed by atoms with Gasteiger partial charge in [-0.3, -0.25) is 9.59 Å². The zero-order valence-electron chi connectivity index (χ0n) is 22.5. The van der Waals surface area contributed by atoms with E-state index in [-0.39, 0.29) is 36.1 Å². The number of benzene rings is 3. The maximum atomic E-state index is 13.3. The molecule has 1 fully saturated rings. The topological polar surface area (TPSA) is 93.8 Å². The fraction of sp³-hybridized carbons (Fsp3) is 0.300. The summed E-state index contributed by atoms with van der Waals surface area (Å²) in [5, 5.41) is 8.70. The molecule has 204 valence electrons. The van der Waals surface area contributed by atoms with Crippen LogP contribution in [0.4, 0.5) is 26.2 Å². The minimum atomic E-state index is -0.340. The first kappa shape index (κ1) is 27.6. The molecule has 0 unspecified atom stereocenters. The molecule has 9 heteroatoms. The normalized spacial score (nSPS) is 13.3. The third-order valence-electron chi connectivity index (χ3n) is 6.58. The van der Waals surface area contributed by atoms with Crippen LogP contribution in [0.2, 0.25) is 0 Å². The van der Waals surface area contributed by atoms with Crippen LogP contribution in [0.1, 0.15) is 35.3 Å². The fourth-order valence-electron chi connectivity index (χ4n) is 4.31. The lowest BCUT2D eigenvalue weighted by atomic mass is 10.1. The van der Waals surface area contributed by atoms with E-state index in [0.29, 0.717) is 43.1 Å². The lowest BCUT2D eigenvalue weighted by Crippen LogP contribution is -2.50. The number of halogens is 1. The Bertz CT molecular complexity index is 1330. The van der Waals surface area contributed by atoms with Gasteiger partial charge in [0.05, 0.1) is 5.56 Å². The quantitative estimate of drug-likeness (QED) is 0.400. The van der Waals surface area contributed by atoms with Crippen molar-refractivity contribution >= 4 is 34.9 Å². The van der Waals surface area contributed by atoms with E-state index in [1.807, 2.05) is 37.3 Å². The summed E-state index contributed by atoms with van der Waals surface area (Å²) in [4.78, 5) is 42.2. The molecule has 1 heterocycles. The lowest BCUT2D eigenvalue weighted by Gasteiger charge is -2.37. The molecule has 4 amide bonds. The lowest BCUT2D eigenvalue weighted by molar-refractivity contribution is -0.118. The first-order chi connectivity index (χ1) is 18.7. The molecule has 1 aliphatic rings. The van der Waals surface area contributed by atoms with E-state index in [1.54, 1.807) is 43.0 Å². The van der Waals surface area contributed by atoms with Gasteiger partial charge in [0.25, 0.3) is 5.91 Å². The Morgan fingerprint density at radius 3 is 2.23 bits per heavy atom. The van der Waals surface area contributed by atoms with Crippen molar-refractivity contribution in [1.82, 2.24) is 10.2 Å². The zero-order chi connectivity index (χ0) is 27.9. The van der Waals surface area contributed by atoms with Gasteiger partial charge in [-0.1, -0.05) is 38.1 Å². The summed E-state index contributed by atoms with van der Waals surface area (Å²) < 4.78 is 13.3. The number of hydrogen-bond acceptors (Lipinski definition) is 4. The van der Waals surface area contributed by atoms with Crippen LogP contribution in [0, 0.1) is 18.7 Å². The molecule has 0 atom stereocenters. The SMILES string of the molecule is Cc1cccc(NC(=O)N2CCN(c3ccc(NC(=O)C(C)C)cc3C(=O)NCc3ccc(F)cc3)CC2)c1. The minimum absolute atomic E-state index is 0.145. The highest BCUT2D eigenvalue weighted by Crippen LogP contribution is 2.26. The van der Waals surface area contributed by atoms with Gasteiger partial charge in [-0.05, 0) is 60.5 Å². The average molecular weight is 532 g/mol. The van der Waals surface area contributed by atoms with Crippen LogP contribution in [0.25, 0.3) is 0 Å². The summed E-state index contributed by atoms with van der Waals surface area (Å²) in [5.74, 6) is -1.00. The van der Waals surface area contributed by atoms with Crippen LogP contribution in [-0.2, 0) is 11.3 Å². The van der Waals surface area contributed by atoms with Crippen molar-refractivity contribution in [2.45, 2.75) is 27.3 Å². The van der Waals surface area contributed by atoms with Gasteiger partial charge in [-0.25, -0.2) is 9.18 Å². The number of urea groups is 1. The number of anilines is 3. The Labute approximate surface area is 228 Å². The van der Waals surface area contributed by atoms with E-state index in [4.69, 9.17) is 0 Å².